The van der Waals surface area contributed by atoms with Crippen molar-refractivity contribution in [2.45, 2.75) is 70.0 Å². The number of hydrogen-bond donors (Lipinski definition) is 3. The van der Waals surface area contributed by atoms with Crippen LogP contribution in [0.15, 0.2) is 42.5 Å². The number of phenolic OH excluding ortho intramolecular Hbond substituents is 2. The monoisotopic (exact) mass is 490 g/mol. The number of benzene rings is 2. The summed E-state index contributed by atoms with van der Waals surface area (Å²) in [7, 11) is 0. The van der Waals surface area contributed by atoms with Crippen LogP contribution in [0.3, 0.4) is 0 Å². The van der Waals surface area contributed by atoms with Gasteiger partial charge in [-0.05, 0) is 61.0 Å². The standard InChI is InChI=1S/C30H34O6/c1-17-9-10-22-23(14-29(22,2)3)30(12-11-24(17)33)13-19(18-7-5-4-6-8-18)25-27(35)20(15-31)26(34)21(16-32)28(25)36-30/h4-8,15-16,19,22-24,33-35H,1,9-14H2,2-3H3/t19-,22-,23+,24+,30-/m1/s1. The number of carbonyl (C=O) groups excluding carboxylic acids is 2. The number of phenols is 2. The van der Waals surface area contributed by atoms with Gasteiger partial charge in [0.05, 0.1) is 17.2 Å². The molecule has 1 aliphatic heterocycles. The van der Waals surface area contributed by atoms with Crippen LogP contribution in [-0.4, -0.2) is 39.6 Å². The maximum Gasteiger partial charge on any atom is 0.157 e. The highest BCUT2D eigenvalue weighted by Gasteiger charge is 2.60. The van der Waals surface area contributed by atoms with Crippen LogP contribution < -0.4 is 4.74 Å². The third kappa shape index (κ3) is 3.65. The summed E-state index contributed by atoms with van der Waals surface area (Å²) in [5, 5.41) is 32.8. The van der Waals surface area contributed by atoms with Crippen LogP contribution in [0.2, 0.25) is 0 Å². The Morgan fingerprint density at radius 1 is 0.972 bits per heavy atom. The third-order valence-corrected chi connectivity index (χ3v) is 9.15. The first kappa shape index (κ1) is 24.6. The Bertz CT molecular complexity index is 1220. The average Bonchev–Trinajstić information content (AvgIpc) is 2.89. The molecule has 6 heteroatoms. The fourth-order valence-electron chi connectivity index (χ4n) is 7.13. The van der Waals surface area contributed by atoms with Crippen molar-refractivity contribution < 1.29 is 29.6 Å². The van der Waals surface area contributed by atoms with Gasteiger partial charge in [-0.1, -0.05) is 50.8 Å². The molecule has 1 heterocycles. The number of aliphatic hydroxyl groups is 1. The van der Waals surface area contributed by atoms with Crippen LogP contribution >= 0.6 is 0 Å². The predicted octanol–water partition coefficient (Wildman–Crippen LogP) is 5.53. The van der Waals surface area contributed by atoms with E-state index in [1.807, 2.05) is 30.3 Å². The summed E-state index contributed by atoms with van der Waals surface area (Å²) in [5.74, 6) is -0.649. The molecule has 6 nitrogen and oxygen atoms in total. The lowest BCUT2D eigenvalue weighted by molar-refractivity contribution is -0.148. The van der Waals surface area contributed by atoms with Gasteiger partial charge >= 0.3 is 0 Å². The Morgan fingerprint density at radius 2 is 1.67 bits per heavy atom. The second-order valence-corrected chi connectivity index (χ2v) is 11.5. The predicted molar refractivity (Wildman–Crippen MR) is 136 cm³/mol. The van der Waals surface area contributed by atoms with E-state index in [2.05, 4.69) is 20.4 Å². The first-order valence-electron chi connectivity index (χ1n) is 12.8. The maximum atomic E-state index is 12.2. The molecule has 3 N–H and O–H groups in total. The van der Waals surface area contributed by atoms with Crippen LogP contribution in [0, 0.1) is 17.3 Å². The topological polar surface area (TPSA) is 104 Å². The summed E-state index contributed by atoms with van der Waals surface area (Å²) in [4.78, 5) is 24.0. The number of aliphatic hydroxyl groups excluding tert-OH is 1. The molecule has 2 aromatic rings. The summed E-state index contributed by atoms with van der Waals surface area (Å²) >= 11 is 0. The quantitative estimate of drug-likeness (QED) is 0.386. The second kappa shape index (κ2) is 8.77. The fraction of sp³-hybridized carbons (Fsp3) is 0.467. The number of carbonyl (C=O) groups is 2. The van der Waals surface area contributed by atoms with Gasteiger partial charge in [-0.25, -0.2) is 0 Å². The Balaban J connectivity index is 1.74. The number of aldehydes is 2. The first-order chi connectivity index (χ1) is 17.1. The zero-order valence-corrected chi connectivity index (χ0v) is 20.9. The molecule has 0 unspecified atom stereocenters. The molecule has 3 aliphatic rings. The lowest BCUT2D eigenvalue weighted by Gasteiger charge is -2.60. The molecule has 5 atom stereocenters. The molecule has 2 aromatic carbocycles. The minimum absolute atomic E-state index is 0.0955. The summed E-state index contributed by atoms with van der Waals surface area (Å²) in [6, 6.07) is 9.68. The molecule has 36 heavy (non-hydrogen) atoms. The summed E-state index contributed by atoms with van der Waals surface area (Å²) in [6.45, 7) is 8.65. The summed E-state index contributed by atoms with van der Waals surface area (Å²) in [5.41, 5.74) is 1.07. The van der Waals surface area contributed by atoms with Gasteiger partial charge in [-0.15, -0.1) is 0 Å². The number of hydrogen-bond acceptors (Lipinski definition) is 6. The van der Waals surface area contributed by atoms with Crippen molar-refractivity contribution in [1.29, 1.82) is 0 Å². The Hall–Kier alpha value is -3.12. The van der Waals surface area contributed by atoms with Crippen molar-refractivity contribution in [1.82, 2.24) is 0 Å². The molecule has 190 valence electrons. The molecule has 2 fully saturated rings. The van der Waals surface area contributed by atoms with Gasteiger partial charge in [0, 0.05) is 17.4 Å². The average molecular weight is 491 g/mol. The lowest BCUT2D eigenvalue weighted by atomic mass is 9.48. The van der Waals surface area contributed by atoms with E-state index in [4.69, 9.17) is 4.74 Å². The molecule has 5 rings (SSSR count). The van der Waals surface area contributed by atoms with E-state index >= 15 is 0 Å². The van der Waals surface area contributed by atoms with Crippen LogP contribution in [0.5, 0.6) is 17.2 Å². The molecule has 2 aliphatic carbocycles. The number of aromatic hydroxyl groups is 2. The first-order valence-corrected chi connectivity index (χ1v) is 12.8. The van der Waals surface area contributed by atoms with E-state index in [1.54, 1.807) is 0 Å². The molecule has 0 radical (unpaired) electrons. The Kier molecular flexibility index (Phi) is 5.98. The molecular weight excluding hydrogens is 456 g/mol. The molecule has 0 amide bonds. The van der Waals surface area contributed by atoms with E-state index in [0.29, 0.717) is 43.3 Å². The molecule has 2 saturated carbocycles. The van der Waals surface area contributed by atoms with Crippen LogP contribution in [0.4, 0.5) is 0 Å². The van der Waals surface area contributed by atoms with E-state index in [9.17, 15) is 24.9 Å². The van der Waals surface area contributed by atoms with Crippen molar-refractivity contribution in [3.8, 4) is 17.2 Å². The van der Waals surface area contributed by atoms with Crippen LogP contribution in [0.25, 0.3) is 0 Å². The molecule has 0 bridgehead atoms. The zero-order chi connectivity index (χ0) is 25.8. The second-order valence-electron chi connectivity index (χ2n) is 11.5. The Labute approximate surface area is 211 Å². The summed E-state index contributed by atoms with van der Waals surface area (Å²) < 4.78 is 6.79. The SMILES string of the molecule is C=C1CC[C@@H]2[C@H](CC2(C)C)[C@@]2(CC[C@@H]1O)C[C@H](c1ccccc1)c1c(O)c(C=O)c(O)c(C=O)c1O2. The van der Waals surface area contributed by atoms with Crippen molar-refractivity contribution in [2.24, 2.45) is 17.3 Å². The van der Waals surface area contributed by atoms with Gasteiger partial charge in [0.2, 0.25) is 0 Å². The highest BCUT2D eigenvalue weighted by molar-refractivity contribution is 5.95. The number of ether oxygens (including phenoxy) is 1. The van der Waals surface area contributed by atoms with E-state index < -0.39 is 17.5 Å². The Morgan fingerprint density at radius 3 is 2.31 bits per heavy atom. The minimum atomic E-state index is -0.724. The normalized spacial score (nSPS) is 31.0. The van der Waals surface area contributed by atoms with E-state index in [0.717, 1.165) is 30.4 Å². The van der Waals surface area contributed by atoms with Gasteiger partial charge in [0.15, 0.2) is 12.6 Å². The molecular formula is C30H34O6. The third-order valence-electron chi connectivity index (χ3n) is 9.15. The van der Waals surface area contributed by atoms with Crippen molar-refractivity contribution in [3.63, 3.8) is 0 Å². The van der Waals surface area contributed by atoms with E-state index in [1.165, 1.54) is 0 Å². The van der Waals surface area contributed by atoms with Crippen molar-refractivity contribution >= 4 is 12.6 Å². The van der Waals surface area contributed by atoms with Gasteiger partial charge in [0.25, 0.3) is 0 Å². The molecule has 0 saturated heterocycles. The number of rotatable bonds is 3. The molecule has 1 spiro atoms. The summed E-state index contributed by atoms with van der Waals surface area (Å²) in [6.07, 6.45) is 4.34. The maximum absolute atomic E-state index is 12.2. The van der Waals surface area contributed by atoms with Gasteiger partial charge in [0.1, 0.15) is 22.8 Å². The van der Waals surface area contributed by atoms with Crippen LogP contribution in [0.1, 0.15) is 90.1 Å². The fourth-order valence-corrected chi connectivity index (χ4v) is 7.13. The molecule has 0 aromatic heterocycles. The van der Waals surface area contributed by atoms with Gasteiger partial charge < -0.3 is 20.1 Å². The lowest BCUT2D eigenvalue weighted by Crippen LogP contribution is -2.59. The highest BCUT2D eigenvalue weighted by atomic mass is 16.5. The van der Waals surface area contributed by atoms with Crippen LogP contribution in [-0.2, 0) is 0 Å². The van der Waals surface area contributed by atoms with Gasteiger partial charge in [-0.3, -0.25) is 9.59 Å². The highest BCUT2D eigenvalue weighted by Crippen LogP contribution is 2.64. The largest absolute Gasteiger partial charge is 0.507 e. The minimum Gasteiger partial charge on any atom is -0.507 e. The zero-order valence-electron chi connectivity index (χ0n) is 20.9. The van der Waals surface area contributed by atoms with Crippen molar-refractivity contribution in [2.75, 3.05) is 0 Å². The van der Waals surface area contributed by atoms with E-state index in [-0.39, 0.29) is 39.9 Å². The smallest absolute Gasteiger partial charge is 0.157 e. The van der Waals surface area contributed by atoms with Gasteiger partial charge in [-0.2, -0.15) is 0 Å². The van der Waals surface area contributed by atoms with Crippen molar-refractivity contribution in [3.05, 3.63) is 64.7 Å². The number of fused-ring (bicyclic) bond motifs is 3.